The highest BCUT2D eigenvalue weighted by Gasteiger charge is 2.28. The molecule has 1 aromatic rings. The van der Waals surface area contributed by atoms with Crippen molar-refractivity contribution in [3.8, 4) is 0 Å². The molecule has 1 aliphatic rings. The topological polar surface area (TPSA) is 69.6 Å². The number of nitrogens with one attached hydrogen (secondary N) is 1. The molecular weight excluding hydrogens is 392 g/mol. The Morgan fingerprint density at radius 1 is 1.35 bits per heavy atom. The number of aliphatic carboxylic acids is 1. The molecule has 108 valence electrons. The van der Waals surface area contributed by atoms with E-state index in [0.29, 0.717) is 25.1 Å². The van der Waals surface area contributed by atoms with Gasteiger partial charge >= 0.3 is 12.0 Å². The van der Waals surface area contributed by atoms with Gasteiger partial charge in [-0.25, -0.2) is 4.79 Å². The first-order valence-corrected chi connectivity index (χ1v) is 7.80. The van der Waals surface area contributed by atoms with Crippen LogP contribution in [0.15, 0.2) is 27.1 Å². The third-order valence-electron chi connectivity index (χ3n) is 3.23. The summed E-state index contributed by atoms with van der Waals surface area (Å²) in [5.41, 5.74) is 0.663. The number of anilines is 1. The maximum atomic E-state index is 12.2. The molecule has 20 heavy (non-hydrogen) atoms. The number of halogens is 2. The minimum Gasteiger partial charge on any atom is -0.481 e. The Kier molecular flexibility index (Phi) is 5.04. The molecule has 5 nitrogen and oxygen atoms in total. The zero-order valence-electron chi connectivity index (χ0n) is 10.6. The van der Waals surface area contributed by atoms with E-state index in [1.54, 1.807) is 11.0 Å². The van der Waals surface area contributed by atoms with E-state index in [1.165, 1.54) is 0 Å². The van der Waals surface area contributed by atoms with Gasteiger partial charge in [0.2, 0.25) is 0 Å². The van der Waals surface area contributed by atoms with Gasteiger partial charge in [-0.2, -0.15) is 0 Å². The van der Waals surface area contributed by atoms with Gasteiger partial charge in [0.1, 0.15) is 0 Å². The lowest BCUT2D eigenvalue weighted by atomic mass is 9.99. The zero-order valence-corrected chi connectivity index (χ0v) is 13.8. The highest BCUT2D eigenvalue weighted by molar-refractivity contribution is 9.11. The molecule has 7 heteroatoms. The predicted molar refractivity (Wildman–Crippen MR) is 82.8 cm³/mol. The Labute approximate surface area is 133 Å². The van der Waals surface area contributed by atoms with Gasteiger partial charge in [-0.1, -0.05) is 15.9 Å². The van der Waals surface area contributed by atoms with Gasteiger partial charge in [0, 0.05) is 22.0 Å². The molecule has 0 unspecified atom stereocenters. The average Bonchev–Trinajstić information content (AvgIpc) is 2.42. The third kappa shape index (κ3) is 3.73. The van der Waals surface area contributed by atoms with Crippen molar-refractivity contribution in [1.82, 2.24) is 4.90 Å². The van der Waals surface area contributed by atoms with Gasteiger partial charge in [-0.3, -0.25) is 4.79 Å². The van der Waals surface area contributed by atoms with Crippen LogP contribution in [0.25, 0.3) is 0 Å². The number of urea groups is 1. The number of carbonyl (C=O) groups is 2. The lowest BCUT2D eigenvalue weighted by molar-refractivity contribution is -0.143. The second-order valence-electron chi connectivity index (χ2n) is 4.68. The van der Waals surface area contributed by atoms with Crippen molar-refractivity contribution in [3.63, 3.8) is 0 Å². The first-order valence-electron chi connectivity index (χ1n) is 6.21. The molecule has 2 N–H and O–H groups in total. The van der Waals surface area contributed by atoms with Crippen LogP contribution < -0.4 is 5.32 Å². The summed E-state index contributed by atoms with van der Waals surface area (Å²) in [5.74, 6) is -1.31. The first-order chi connectivity index (χ1) is 9.47. The number of carboxylic acid groups (broad SMARTS) is 1. The molecule has 0 aromatic heterocycles. The van der Waals surface area contributed by atoms with Crippen LogP contribution in [-0.2, 0) is 4.79 Å². The second-order valence-corrected chi connectivity index (χ2v) is 6.45. The molecule has 0 spiro atoms. The number of hydrogen-bond donors (Lipinski definition) is 2. The Morgan fingerprint density at radius 3 is 2.75 bits per heavy atom. The van der Waals surface area contributed by atoms with Gasteiger partial charge in [0.05, 0.1) is 11.6 Å². The summed E-state index contributed by atoms with van der Waals surface area (Å²) < 4.78 is 1.68. The van der Waals surface area contributed by atoms with Crippen LogP contribution in [-0.4, -0.2) is 35.1 Å². The van der Waals surface area contributed by atoms with Crippen LogP contribution >= 0.6 is 31.9 Å². The molecule has 1 atom stereocenters. The number of nitrogens with zero attached hydrogens (tertiary/aromatic N) is 1. The van der Waals surface area contributed by atoms with E-state index in [1.807, 2.05) is 12.1 Å². The van der Waals surface area contributed by atoms with Gasteiger partial charge in [-0.15, -0.1) is 0 Å². The van der Waals surface area contributed by atoms with Crippen LogP contribution in [0.4, 0.5) is 10.5 Å². The molecule has 2 rings (SSSR count). The van der Waals surface area contributed by atoms with Crippen molar-refractivity contribution < 1.29 is 14.7 Å². The van der Waals surface area contributed by atoms with Gasteiger partial charge in [-0.05, 0) is 47.0 Å². The van der Waals surface area contributed by atoms with E-state index >= 15 is 0 Å². The molecule has 2 amide bonds. The molecule has 1 aliphatic heterocycles. The van der Waals surface area contributed by atoms with Crippen LogP contribution in [0.2, 0.25) is 0 Å². The standard InChI is InChI=1S/C13H14Br2N2O3/c14-9-3-4-11(10(15)6-9)16-13(20)17-5-1-2-8(7-17)12(18)19/h3-4,6,8H,1-2,5,7H2,(H,16,20)(H,18,19)/t8-/m1/s1. The van der Waals surface area contributed by atoms with E-state index in [9.17, 15) is 9.59 Å². The number of carbonyl (C=O) groups excluding carboxylic acids is 1. The van der Waals surface area contributed by atoms with Crippen molar-refractivity contribution >= 4 is 49.5 Å². The maximum absolute atomic E-state index is 12.2. The highest BCUT2D eigenvalue weighted by atomic mass is 79.9. The largest absolute Gasteiger partial charge is 0.481 e. The number of hydrogen-bond acceptors (Lipinski definition) is 2. The van der Waals surface area contributed by atoms with Crippen molar-refractivity contribution in [3.05, 3.63) is 27.1 Å². The van der Waals surface area contributed by atoms with E-state index in [-0.39, 0.29) is 12.6 Å². The summed E-state index contributed by atoms with van der Waals surface area (Å²) in [7, 11) is 0. The predicted octanol–water partition coefficient (Wildman–Crippen LogP) is 3.54. The number of benzene rings is 1. The number of carboxylic acids is 1. The second kappa shape index (κ2) is 6.58. The Bertz CT molecular complexity index is 536. The molecule has 0 radical (unpaired) electrons. The van der Waals surface area contributed by atoms with Crippen LogP contribution in [0.5, 0.6) is 0 Å². The molecule has 0 aliphatic carbocycles. The fraction of sp³-hybridized carbons (Fsp3) is 0.385. The van der Waals surface area contributed by atoms with Crippen LogP contribution in [0.3, 0.4) is 0 Å². The molecule has 0 saturated carbocycles. The fourth-order valence-corrected chi connectivity index (χ4v) is 3.29. The quantitative estimate of drug-likeness (QED) is 0.790. The third-order valence-corrected chi connectivity index (χ3v) is 4.38. The van der Waals surface area contributed by atoms with Crippen LogP contribution in [0, 0.1) is 5.92 Å². The summed E-state index contributed by atoms with van der Waals surface area (Å²) in [6, 6.07) is 5.19. The number of piperidine rings is 1. The van der Waals surface area contributed by atoms with Crippen molar-refractivity contribution in [1.29, 1.82) is 0 Å². The molecule has 1 fully saturated rings. The highest BCUT2D eigenvalue weighted by Crippen LogP contribution is 2.27. The molecule has 0 bridgehead atoms. The van der Waals surface area contributed by atoms with Crippen molar-refractivity contribution in [2.45, 2.75) is 12.8 Å². The van der Waals surface area contributed by atoms with E-state index in [4.69, 9.17) is 5.11 Å². The minimum absolute atomic E-state index is 0.259. The number of likely N-dealkylation sites (tertiary alicyclic amines) is 1. The van der Waals surface area contributed by atoms with Gasteiger partial charge in [0.15, 0.2) is 0 Å². The summed E-state index contributed by atoms with van der Waals surface area (Å²) in [6.45, 7) is 0.846. The van der Waals surface area contributed by atoms with Gasteiger partial charge in [0.25, 0.3) is 0 Å². The van der Waals surface area contributed by atoms with Gasteiger partial charge < -0.3 is 15.3 Å². The van der Waals surface area contributed by atoms with E-state index in [2.05, 4.69) is 37.2 Å². The molecule has 1 aromatic carbocycles. The van der Waals surface area contributed by atoms with E-state index in [0.717, 1.165) is 8.95 Å². The summed E-state index contributed by atoms with van der Waals surface area (Å²) >= 11 is 6.72. The maximum Gasteiger partial charge on any atom is 0.321 e. The first kappa shape index (κ1) is 15.3. The van der Waals surface area contributed by atoms with E-state index < -0.39 is 11.9 Å². The number of amides is 2. The lowest BCUT2D eigenvalue weighted by Crippen LogP contribution is -2.44. The zero-order chi connectivity index (χ0) is 14.7. The molecule has 1 heterocycles. The van der Waals surface area contributed by atoms with Crippen molar-refractivity contribution in [2.75, 3.05) is 18.4 Å². The minimum atomic E-state index is -0.840. The summed E-state index contributed by atoms with van der Waals surface area (Å²) in [4.78, 5) is 24.7. The summed E-state index contributed by atoms with van der Waals surface area (Å²) in [6.07, 6.45) is 1.34. The summed E-state index contributed by atoms with van der Waals surface area (Å²) in [5, 5.41) is 11.8. The Hall–Kier alpha value is -1.08. The monoisotopic (exact) mass is 404 g/mol. The molecular formula is C13H14Br2N2O3. The average molecular weight is 406 g/mol. The SMILES string of the molecule is O=C(O)[C@@H]1CCCN(C(=O)Nc2ccc(Br)cc2Br)C1. The Morgan fingerprint density at radius 2 is 2.10 bits per heavy atom. The molecule has 1 saturated heterocycles. The Balaban J connectivity index is 2.02. The van der Waals surface area contributed by atoms with Crippen LogP contribution in [0.1, 0.15) is 12.8 Å². The fourth-order valence-electron chi connectivity index (χ4n) is 2.15. The number of rotatable bonds is 2. The normalized spacial score (nSPS) is 18.7. The lowest BCUT2D eigenvalue weighted by Gasteiger charge is -2.30. The smallest absolute Gasteiger partial charge is 0.321 e. The van der Waals surface area contributed by atoms with Crippen molar-refractivity contribution in [2.24, 2.45) is 5.92 Å².